The first-order chi connectivity index (χ1) is 12.3. The second-order valence-corrected chi connectivity index (χ2v) is 6.90. The van der Waals surface area contributed by atoms with E-state index in [1.54, 1.807) is 21.8 Å². The number of para-hydroxylation sites is 1. The van der Waals surface area contributed by atoms with Gasteiger partial charge < -0.3 is 4.74 Å². The number of benzene rings is 2. The van der Waals surface area contributed by atoms with Crippen LogP contribution in [0.5, 0.6) is 5.88 Å². The number of thioether (sulfide) groups is 1. The molecule has 2 aromatic heterocycles. The van der Waals surface area contributed by atoms with E-state index >= 15 is 0 Å². The molecule has 2 heterocycles. The number of nitrogens with zero attached hydrogens (tertiary/aromatic N) is 3. The maximum atomic E-state index is 10.5. The lowest BCUT2D eigenvalue weighted by Crippen LogP contribution is -1.96. The van der Waals surface area contributed by atoms with Gasteiger partial charge >= 0.3 is 0 Å². The molecule has 0 saturated carbocycles. The molecule has 4 rings (SSSR count). The summed E-state index contributed by atoms with van der Waals surface area (Å²) in [4.78, 5) is 16.0. The van der Waals surface area contributed by atoms with Gasteiger partial charge in [-0.3, -0.25) is 4.79 Å². The number of rotatable bonds is 5. The van der Waals surface area contributed by atoms with Crippen LogP contribution in [0.2, 0.25) is 0 Å². The van der Waals surface area contributed by atoms with Crippen LogP contribution in [0.4, 0.5) is 0 Å². The first-order valence-corrected chi connectivity index (χ1v) is 9.59. The van der Waals surface area contributed by atoms with Gasteiger partial charge in [0.05, 0.1) is 10.9 Å². The normalized spacial score (nSPS) is 10.9. The molecule has 0 radical (unpaired) electrons. The van der Waals surface area contributed by atoms with Crippen LogP contribution in [0.25, 0.3) is 27.3 Å². The minimum atomic E-state index is 0.278. The molecule has 0 bridgehead atoms. The van der Waals surface area contributed by atoms with Crippen molar-refractivity contribution in [3.05, 3.63) is 53.9 Å². The Labute approximate surface area is 152 Å². The zero-order valence-electron chi connectivity index (χ0n) is 13.2. The van der Waals surface area contributed by atoms with E-state index in [1.165, 1.54) is 16.2 Å². The van der Waals surface area contributed by atoms with Crippen LogP contribution in [0.1, 0.15) is 0 Å². The molecule has 0 amide bonds. The molecule has 0 aliphatic heterocycles. The maximum Gasteiger partial charge on any atom is 0.299 e. The number of hydrogen-bond acceptors (Lipinski definition) is 6. The fraction of sp³-hybridized carbons (Fsp3) is 0.0556. The van der Waals surface area contributed by atoms with E-state index in [4.69, 9.17) is 9.84 Å². The summed E-state index contributed by atoms with van der Waals surface area (Å²) in [6.45, 7) is 0.374. The molecule has 0 unspecified atom stereocenters. The van der Waals surface area contributed by atoms with E-state index in [2.05, 4.69) is 35.5 Å². The third-order valence-electron chi connectivity index (χ3n) is 3.77. The summed E-state index contributed by atoms with van der Waals surface area (Å²) in [6, 6.07) is 16.4. The zero-order valence-corrected chi connectivity index (χ0v) is 14.9. The Morgan fingerprint density at radius 1 is 1.16 bits per heavy atom. The van der Waals surface area contributed by atoms with Crippen LogP contribution in [0.15, 0.2) is 58.8 Å². The predicted molar refractivity (Wildman–Crippen MR) is 101 cm³/mol. The van der Waals surface area contributed by atoms with Crippen LogP contribution in [-0.4, -0.2) is 27.5 Å². The first-order valence-electron chi connectivity index (χ1n) is 7.48. The average molecular weight is 367 g/mol. The Balaban J connectivity index is 1.86. The SMILES string of the molecule is CSc1ccc(-c2nn(-c3nc(OC=O)cs3)c3ccccc23)cc1. The lowest BCUT2D eigenvalue weighted by atomic mass is 10.1. The lowest BCUT2D eigenvalue weighted by molar-refractivity contribution is -0.120. The highest BCUT2D eigenvalue weighted by molar-refractivity contribution is 7.98. The molecule has 0 saturated heterocycles. The van der Waals surface area contributed by atoms with E-state index in [1.807, 2.05) is 24.3 Å². The standard InChI is InChI=1S/C18H13N3O2S2/c1-24-13-8-6-12(7-9-13)17-14-4-2-3-5-15(14)21(20-17)18-19-16(10-25-18)23-11-22/h2-11H,1H3. The van der Waals surface area contributed by atoms with Crippen molar-refractivity contribution >= 4 is 40.5 Å². The molecule has 0 atom stereocenters. The molecule has 4 aromatic rings. The Bertz CT molecular complexity index is 1040. The molecular formula is C18H13N3O2S2. The molecule has 2 aromatic carbocycles. The Kier molecular flexibility index (Phi) is 4.25. The lowest BCUT2D eigenvalue weighted by Gasteiger charge is -2.00. The third-order valence-corrected chi connectivity index (χ3v) is 5.31. The quantitative estimate of drug-likeness (QED) is 0.386. The Morgan fingerprint density at radius 3 is 2.72 bits per heavy atom. The van der Waals surface area contributed by atoms with Crippen LogP contribution in [-0.2, 0) is 4.79 Å². The topological polar surface area (TPSA) is 57.0 Å². The molecule has 0 N–H and O–H groups in total. The van der Waals surface area contributed by atoms with Gasteiger partial charge in [0, 0.05) is 15.8 Å². The average Bonchev–Trinajstić information content (AvgIpc) is 3.27. The van der Waals surface area contributed by atoms with Crippen molar-refractivity contribution in [2.75, 3.05) is 6.26 Å². The molecule has 25 heavy (non-hydrogen) atoms. The number of thiazole rings is 1. The van der Waals surface area contributed by atoms with Crippen LogP contribution in [0, 0.1) is 0 Å². The number of carbonyl (C=O) groups is 1. The van der Waals surface area contributed by atoms with Crippen molar-refractivity contribution in [2.45, 2.75) is 4.90 Å². The molecular weight excluding hydrogens is 354 g/mol. The van der Waals surface area contributed by atoms with E-state index in [-0.39, 0.29) is 5.88 Å². The van der Waals surface area contributed by atoms with Crippen LogP contribution < -0.4 is 4.74 Å². The highest BCUT2D eigenvalue weighted by Gasteiger charge is 2.15. The minimum Gasteiger partial charge on any atom is -0.409 e. The molecule has 0 aliphatic carbocycles. The largest absolute Gasteiger partial charge is 0.409 e. The van der Waals surface area contributed by atoms with Crippen molar-refractivity contribution in [1.29, 1.82) is 0 Å². The summed E-state index contributed by atoms with van der Waals surface area (Å²) in [6.07, 6.45) is 2.06. The second kappa shape index (κ2) is 6.70. The number of fused-ring (bicyclic) bond motifs is 1. The van der Waals surface area contributed by atoms with Gasteiger partial charge in [-0.1, -0.05) is 41.7 Å². The van der Waals surface area contributed by atoms with E-state index < -0.39 is 0 Å². The van der Waals surface area contributed by atoms with Gasteiger partial charge in [-0.15, -0.1) is 11.8 Å². The summed E-state index contributed by atoms with van der Waals surface area (Å²) < 4.78 is 6.60. The first kappa shape index (κ1) is 15.9. The minimum absolute atomic E-state index is 0.278. The van der Waals surface area contributed by atoms with Crippen molar-refractivity contribution in [2.24, 2.45) is 0 Å². The van der Waals surface area contributed by atoms with Crippen LogP contribution >= 0.6 is 23.1 Å². The second-order valence-electron chi connectivity index (χ2n) is 5.19. The zero-order chi connectivity index (χ0) is 17.2. The van der Waals surface area contributed by atoms with Gasteiger partial charge in [0.25, 0.3) is 6.47 Å². The summed E-state index contributed by atoms with van der Waals surface area (Å²) in [5, 5.41) is 8.16. The molecule has 7 heteroatoms. The summed E-state index contributed by atoms with van der Waals surface area (Å²) >= 11 is 3.08. The predicted octanol–water partition coefficient (Wildman–Crippen LogP) is 4.41. The van der Waals surface area contributed by atoms with Gasteiger partial charge in [-0.05, 0) is 24.5 Å². The van der Waals surface area contributed by atoms with Gasteiger partial charge in [-0.2, -0.15) is 10.1 Å². The number of hydrogen-bond donors (Lipinski definition) is 0. The third kappa shape index (κ3) is 2.92. The Hall–Kier alpha value is -2.64. The van der Waals surface area contributed by atoms with E-state index in [9.17, 15) is 4.79 Å². The molecule has 0 aliphatic rings. The number of carbonyl (C=O) groups excluding carboxylic acids is 1. The van der Waals surface area contributed by atoms with E-state index in [0.717, 1.165) is 22.2 Å². The highest BCUT2D eigenvalue weighted by Crippen LogP contribution is 2.32. The molecule has 5 nitrogen and oxygen atoms in total. The number of aromatic nitrogens is 3. The van der Waals surface area contributed by atoms with Crippen molar-refractivity contribution in [1.82, 2.24) is 14.8 Å². The van der Waals surface area contributed by atoms with Gasteiger partial charge in [0.1, 0.15) is 5.69 Å². The van der Waals surface area contributed by atoms with Crippen LogP contribution in [0.3, 0.4) is 0 Å². The van der Waals surface area contributed by atoms with E-state index in [0.29, 0.717) is 11.6 Å². The Morgan fingerprint density at radius 2 is 1.96 bits per heavy atom. The van der Waals surface area contributed by atoms with Gasteiger partial charge in [0.15, 0.2) is 0 Å². The molecule has 0 spiro atoms. The highest BCUT2D eigenvalue weighted by atomic mass is 32.2. The fourth-order valence-corrected chi connectivity index (χ4v) is 3.73. The smallest absolute Gasteiger partial charge is 0.299 e. The van der Waals surface area contributed by atoms with Crippen molar-refractivity contribution in [3.63, 3.8) is 0 Å². The summed E-state index contributed by atoms with van der Waals surface area (Å²) in [5.74, 6) is 0.278. The molecule has 124 valence electrons. The maximum absolute atomic E-state index is 10.5. The van der Waals surface area contributed by atoms with Crippen molar-refractivity contribution in [3.8, 4) is 22.3 Å². The monoisotopic (exact) mass is 367 g/mol. The van der Waals surface area contributed by atoms with Crippen molar-refractivity contribution < 1.29 is 9.53 Å². The summed E-state index contributed by atoms with van der Waals surface area (Å²) in [7, 11) is 0. The number of ether oxygens (including phenoxy) is 1. The summed E-state index contributed by atoms with van der Waals surface area (Å²) in [5.41, 5.74) is 2.91. The van der Waals surface area contributed by atoms with Gasteiger partial charge in [-0.25, -0.2) is 4.68 Å². The fourth-order valence-electron chi connectivity index (χ4n) is 2.63. The molecule has 0 fully saturated rings. The van der Waals surface area contributed by atoms with Gasteiger partial charge in [0.2, 0.25) is 11.0 Å².